The molecule has 0 saturated carbocycles. The summed E-state index contributed by atoms with van der Waals surface area (Å²) in [6.45, 7) is 2.86. The van der Waals surface area contributed by atoms with Gasteiger partial charge in [0.2, 0.25) is 5.78 Å². The Labute approximate surface area is 155 Å². The van der Waals surface area contributed by atoms with Gasteiger partial charge in [-0.2, -0.15) is 4.98 Å². The summed E-state index contributed by atoms with van der Waals surface area (Å²) in [7, 11) is 3.12. The molecule has 0 spiro atoms. The Hall–Kier alpha value is -3.35. The van der Waals surface area contributed by atoms with Gasteiger partial charge in [0.25, 0.3) is 5.56 Å². The molecule has 0 unspecified atom stereocenters. The minimum Gasteiger partial charge on any atom is -0.310 e. The van der Waals surface area contributed by atoms with Crippen LogP contribution in [-0.2, 0) is 20.6 Å². The summed E-state index contributed by atoms with van der Waals surface area (Å²) in [4.78, 5) is 29.5. The van der Waals surface area contributed by atoms with E-state index in [4.69, 9.17) is 0 Å². The highest BCUT2D eigenvalue weighted by molar-refractivity contribution is 5.77. The predicted octanol–water partition coefficient (Wildman–Crippen LogP) is 2.27. The smallest absolute Gasteiger partial charge is 0.310 e. The number of fused-ring (bicyclic) bond motifs is 3. The molecule has 0 fully saturated rings. The van der Waals surface area contributed by atoms with Crippen LogP contribution in [0.4, 0.5) is 0 Å². The fourth-order valence-corrected chi connectivity index (χ4v) is 3.36. The second-order valence-corrected chi connectivity index (χ2v) is 6.61. The van der Waals surface area contributed by atoms with Crippen molar-refractivity contribution in [1.82, 2.24) is 23.1 Å². The molecule has 0 radical (unpaired) electrons. The third-order valence-corrected chi connectivity index (χ3v) is 4.78. The van der Waals surface area contributed by atoms with Crippen LogP contribution in [0.15, 0.2) is 46.1 Å². The number of nitrogens with zero attached hydrogens (tertiary/aromatic N) is 5. The third kappa shape index (κ3) is 2.63. The molecule has 0 aliphatic carbocycles. The first-order valence-corrected chi connectivity index (χ1v) is 8.93. The van der Waals surface area contributed by atoms with Crippen molar-refractivity contribution >= 4 is 29.1 Å². The first-order chi connectivity index (χ1) is 13.0. The maximum absolute atomic E-state index is 12.7. The van der Waals surface area contributed by atoms with Crippen molar-refractivity contribution in [2.45, 2.75) is 19.9 Å². The highest BCUT2D eigenvalue weighted by atomic mass is 16.2. The Morgan fingerprint density at radius 3 is 2.48 bits per heavy atom. The van der Waals surface area contributed by atoms with E-state index in [9.17, 15) is 9.59 Å². The van der Waals surface area contributed by atoms with Gasteiger partial charge >= 0.3 is 5.69 Å². The summed E-state index contributed by atoms with van der Waals surface area (Å²) < 4.78 is 6.40. The van der Waals surface area contributed by atoms with E-state index in [-0.39, 0.29) is 11.2 Å². The number of aryl methyl sites for hydroxylation is 2. The number of benzene rings is 1. The molecule has 0 N–H and O–H groups in total. The van der Waals surface area contributed by atoms with E-state index in [1.165, 1.54) is 11.6 Å². The fourth-order valence-electron chi connectivity index (χ4n) is 3.36. The summed E-state index contributed by atoms with van der Waals surface area (Å²) in [6.07, 6.45) is 6.90. The molecule has 0 amide bonds. The zero-order chi connectivity index (χ0) is 19.1. The first kappa shape index (κ1) is 17.1. The van der Waals surface area contributed by atoms with E-state index in [2.05, 4.69) is 16.5 Å². The lowest BCUT2D eigenvalue weighted by Gasteiger charge is -2.04. The highest BCUT2D eigenvalue weighted by Gasteiger charge is 2.19. The molecule has 27 heavy (non-hydrogen) atoms. The van der Waals surface area contributed by atoms with Crippen molar-refractivity contribution in [3.8, 4) is 0 Å². The number of hydrogen-bond donors (Lipinski definition) is 0. The maximum Gasteiger partial charge on any atom is 0.332 e. The van der Waals surface area contributed by atoms with Crippen LogP contribution in [0, 0.1) is 0 Å². The van der Waals surface area contributed by atoms with Gasteiger partial charge in [0.15, 0.2) is 11.2 Å². The Bertz CT molecular complexity index is 1290. The largest absolute Gasteiger partial charge is 0.332 e. The molecule has 4 aromatic rings. The van der Waals surface area contributed by atoms with Crippen LogP contribution in [0.2, 0.25) is 0 Å². The molecule has 3 aromatic heterocycles. The fraction of sp³-hybridized carbons (Fsp3) is 0.250. The Morgan fingerprint density at radius 1 is 1.04 bits per heavy atom. The van der Waals surface area contributed by atoms with Gasteiger partial charge in [-0.3, -0.25) is 18.3 Å². The van der Waals surface area contributed by atoms with E-state index in [1.807, 2.05) is 48.7 Å². The summed E-state index contributed by atoms with van der Waals surface area (Å²) in [6, 6.07) is 10.0. The minimum atomic E-state index is -0.375. The first-order valence-electron chi connectivity index (χ1n) is 8.93. The van der Waals surface area contributed by atoms with E-state index in [1.54, 1.807) is 11.4 Å². The highest BCUT2D eigenvalue weighted by Crippen LogP contribution is 2.19. The van der Waals surface area contributed by atoms with Crippen LogP contribution in [0.25, 0.3) is 29.1 Å². The molecule has 7 heteroatoms. The van der Waals surface area contributed by atoms with Crippen LogP contribution in [0.3, 0.4) is 0 Å². The lowest BCUT2D eigenvalue weighted by molar-refractivity contribution is 0.688. The lowest BCUT2D eigenvalue weighted by Crippen LogP contribution is -2.37. The average Bonchev–Trinajstić information content (AvgIpc) is 3.21. The van der Waals surface area contributed by atoms with Crippen LogP contribution in [0.1, 0.15) is 24.6 Å². The minimum absolute atomic E-state index is 0.340. The van der Waals surface area contributed by atoms with Gasteiger partial charge in [-0.15, -0.1) is 0 Å². The van der Waals surface area contributed by atoms with E-state index in [0.717, 1.165) is 28.8 Å². The number of hydrogen-bond acceptors (Lipinski definition) is 3. The van der Waals surface area contributed by atoms with Gasteiger partial charge in [-0.05, 0) is 18.1 Å². The second kappa shape index (κ2) is 6.42. The lowest BCUT2D eigenvalue weighted by atomic mass is 10.2. The van der Waals surface area contributed by atoms with Crippen molar-refractivity contribution in [3.05, 3.63) is 68.6 Å². The summed E-state index contributed by atoms with van der Waals surface area (Å²) in [5.74, 6) is 0.665. The predicted molar refractivity (Wildman–Crippen MR) is 107 cm³/mol. The van der Waals surface area contributed by atoms with Gasteiger partial charge in [-0.1, -0.05) is 43.3 Å². The number of rotatable bonds is 4. The van der Waals surface area contributed by atoms with Crippen LogP contribution < -0.4 is 11.2 Å². The Morgan fingerprint density at radius 2 is 1.78 bits per heavy atom. The molecule has 0 bridgehead atoms. The average molecular weight is 363 g/mol. The molecular formula is C20H21N5O2. The molecule has 7 nitrogen and oxygen atoms in total. The van der Waals surface area contributed by atoms with Crippen molar-refractivity contribution in [1.29, 1.82) is 0 Å². The normalized spacial score (nSPS) is 12.0. The Balaban J connectivity index is 1.99. The zero-order valence-corrected chi connectivity index (χ0v) is 15.6. The van der Waals surface area contributed by atoms with Gasteiger partial charge in [0.05, 0.1) is 5.69 Å². The topological polar surface area (TPSA) is 66.2 Å². The summed E-state index contributed by atoms with van der Waals surface area (Å²) in [5, 5.41) is 0. The number of aromatic nitrogens is 5. The molecule has 1 aromatic carbocycles. The van der Waals surface area contributed by atoms with Gasteiger partial charge in [0, 0.05) is 26.8 Å². The molecular weight excluding hydrogens is 342 g/mol. The number of imidazole rings is 2. The van der Waals surface area contributed by atoms with Gasteiger partial charge in [0.1, 0.15) is 0 Å². The molecule has 4 rings (SSSR count). The molecule has 0 aliphatic rings. The van der Waals surface area contributed by atoms with Gasteiger partial charge in [-0.25, -0.2) is 4.79 Å². The van der Waals surface area contributed by atoms with Crippen molar-refractivity contribution in [2.24, 2.45) is 14.1 Å². The second-order valence-electron chi connectivity index (χ2n) is 6.61. The molecule has 0 atom stereocenters. The van der Waals surface area contributed by atoms with E-state index >= 15 is 0 Å². The molecule has 0 aliphatic heterocycles. The quantitative estimate of drug-likeness (QED) is 0.559. The van der Waals surface area contributed by atoms with Crippen molar-refractivity contribution in [2.75, 3.05) is 0 Å². The third-order valence-electron chi connectivity index (χ3n) is 4.78. The monoisotopic (exact) mass is 363 g/mol. The SMILES string of the molecule is CCCn1c(/C=C/c2ccccc2)cn2c3c(=O)n(C)c(=O)n(C)c3nc12. The molecule has 0 saturated heterocycles. The molecule has 138 valence electrons. The van der Waals surface area contributed by atoms with Crippen LogP contribution in [-0.4, -0.2) is 23.1 Å². The van der Waals surface area contributed by atoms with Crippen molar-refractivity contribution in [3.63, 3.8) is 0 Å². The van der Waals surface area contributed by atoms with Gasteiger partial charge < -0.3 is 4.57 Å². The van der Waals surface area contributed by atoms with E-state index in [0.29, 0.717) is 16.9 Å². The van der Waals surface area contributed by atoms with E-state index < -0.39 is 0 Å². The van der Waals surface area contributed by atoms with Crippen LogP contribution in [0.5, 0.6) is 0 Å². The van der Waals surface area contributed by atoms with Crippen molar-refractivity contribution < 1.29 is 0 Å². The summed E-state index contributed by atoms with van der Waals surface area (Å²) in [5.41, 5.74) is 2.16. The maximum atomic E-state index is 12.7. The Kier molecular flexibility index (Phi) is 4.07. The molecule has 3 heterocycles. The standard InChI is InChI=1S/C20H21N5O2/c1-4-12-24-15(11-10-14-8-6-5-7-9-14)13-25-16-17(21-19(24)25)22(2)20(27)23(3)18(16)26/h5-11,13H,4,12H2,1-3H3/b11-10+. The summed E-state index contributed by atoms with van der Waals surface area (Å²) >= 11 is 0. The zero-order valence-electron chi connectivity index (χ0n) is 15.6. The van der Waals surface area contributed by atoms with Crippen LogP contribution >= 0.6 is 0 Å².